The van der Waals surface area contributed by atoms with Gasteiger partial charge in [0.05, 0.1) is 11.3 Å². The van der Waals surface area contributed by atoms with Crippen LogP contribution in [0.15, 0.2) is 33.6 Å². The smallest absolute Gasteiger partial charge is 0.336 e. The SMILES string of the molecule is Cc1c(-c2cccc(C=O)c2)n(C)oc1=O. The summed E-state index contributed by atoms with van der Waals surface area (Å²) in [5.74, 6) is 0. The van der Waals surface area contributed by atoms with E-state index in [0.29, 0.717) is 16.8 Å². The fourth-order valence-electron chi connectivity index (χ4n) is 1.73. The first-order valence-electron chi connectivity index (χ1n) is 4.86. The Bertz CT molecular complexity index is 593. The number of carbonyl (C=O) groups excluding carboxylic acids is 1. The molecule has 0 fully saturated rings. The summed E-state index contributed by atoms with van der Waals surface area (Å²) in [7, 11) is 1.66. The van der Waals surface area contributed by atoms with Gasteiger partial charge in [0.25, 0.3) is 0 Å². The van der Waals surface area contributed by atoms with Gasteiger partial charge < -0.3 is 4.52 Å². The van der Waals surface area contributed by atoms with E-state index in [-0.39, 0.29) is 5.63 Å². The van der Waals surface area contributed by atoms with Gasteiger partial charge >= 0.3 is 5.63 Å². The lowest BCUT2D eigenvalue weighted by molar-refractivity contribution is 0.112. The van der Waals surface area contributed by atoms with Gasteiger partial charge in [-0.1, -0.05) is 18.2 Å². The minimum absolute atomic E-state index is 0.353. The molecule has 4 heteroatoms. The first-order chi connectivity index (χ1) is 7.63. The molecule has 1 aromatic heterocycles. The summed E-state index contributed by atoms with van der Waals surface area (Å²) >= 11 is 0. The van der Waals surface area contributed by atoms with Crippen molar-refractivity contribution in [3.8, 4) is 11.3 Å². The summed E-state index contributed by atoms with van der Waals surface area (Å²) < 4.78 is 6.36. The largest absolute Gasteiger partial charge is 0.361 e. The predicted molar refractivity (Wildman–Crippen MR) is 59.5 cm³/mol. The van der Waals surface area contributed by atoms with E-state index in [9.17, 15) is 9.59 Å². The average molecular weight is 217 g/mol. The topological polar surface area (TPSA) is 52.2 Å². The lowest BCUT2D eigenvalue weighted by atomic mass is 10.1. The second-order valence-electron chi connectivity index (χ2n) is 3.59. The third-order valence-corrected chi connectivity index (χ3v) is 2.49. The highest BCUT2D eigenvalue weighted by Crippen LogP contribution is 2.21. The van der Waals surface area contributed by atoms with E-state index < -0.39 is 0 Å². The molecular formula is C12H11NO3. The molecule has 16 heavy (non-hydrogen) atoms. The van der Waals surface area contributed by atoms with Gasteiger partial charge in [0.1, 0.15) is 6.29 Å². The Hall–Kier alpha value is -2.10. The molecule has 0 amide bonds. The number of hydrogen-bond donors (Lipinski definition) is 0. The predicted octanol–water partition coefficient (Wildman–Crippen LogP) is 1.77. The number of aldehydes is 1. The molecule has 0 unspecified atom stereocenters. The number of carbonyl (C=O) groups is 1. The van der Waals surface area contributed by atoms with Gasteiger partial charge in [-0.25, -0.2) is 9.53 Å². The van der Waals surface area contributed by atoms with E-state index in [1.807, 2.05) is 6.07 Å². The molecule has 4 nitrogen and oxygen atoms in total. The van der Waals surface area contributed by atoms with Crippen LogP contribution in [-0.4, -0.2) is 11.0 Å². The van der Waals surface area contributed by atoms with Gasteiger partial charge in [-0.05, 0) is 13.0 Å². The van der Waals surface area contributed by atoms with E-state index in [4.69, 9.17) is 4.52 Å². The van der Waals surface area contributed by atoms with Gasteiger partial charge in [0, 0.05) is 18.2 Å². The van der Waals surface area contributed by atoms with Crippen LogP contribution < -0.4 is 5.63 Å². The van der Waals surface area contributed by atoms with Gasteiger partial charge in [0.15, 0.2) is 0 Å². The fraction of sp³-hybridized carbons (Fsp3) is 0.167. The quantitative estimate of drug-likeness (QED) is 0.720. The summed E-state index contributed by atoms with van der Waals surface area (Å²) in [4.78, 5) is 22.0. The number of hydrogen-bond acceptors (Lipinski definition) is 3. The third-order valence-electron chi connectivity index (χ3n) is 2.49. The second kappa shape index (κ2) is 3.81. The van der Waals surface area contributed by atoms with Crippen LogP contribution in [0.1, 0.15) is 15.9 Å². The van der Waals surface area contributed by atoms with Gasteiger partial charge in [0.2, 0.25) is 0 Å². The first kappa shape index (κ1) is 10.4. The zero-order chi connectivity index (χ0) is 11.7. The standard InChI is InChI=1S/C12H11NO3/c1-8-11(13(2)16-12(8)15)10-5-3-4-9(6-10)7-14/h3-7H,1-2H3. The normalized spacial score (nSPS) is 10.4. The molecule has 0 atom stereocenters. The average Bonchev–Trinajstić information content (AvgIpc) is 2.53. The van der Waals surface area contributed by atoms with E-state index >= 15 is 0 Å². The number of nitrogens with zero attached hydrogens (tertiary/aromatic N) is 1. The summed E-state index contributed by atoms with van der Waals surface area (Å²) in [6, 6.07) is 7.05. The molecule has 1 heterocycles. The molecule has 1 aromatic carbocycles. The molecule has 82 valence electrons. The molecule has 0 saturated heterocycles. The zero-order valence-electron chi connectivity index (χ0n) is 9.06. The van der Waals surface area contributed by atoms with Crippen LogP contribution in [0.5, 0.6) is 0 Å². The number of rotatable bonds is 2. The minimum atomic E-state index is -0.353. The Kier molecular flexibility index (Phi) is 2.48. The van der Waals surface area contributed by atoms with E-state index in [0.717, 1.165) is 11.8 Å². The molecule has 0 spiro atoms. The molecule has 2 rings (SSSR count). The maximum atomic E-state index is 11.3. The van der Waals surface area contributed by atoms with Crippen LogP contribution >= 0.6 is 0 Å². The molecule has 0 N–H and O–H groups in total. The highest BCUT2D eigenvalue weighted by Gasteiger charge is 2.12. The zero-order valence-corrected chi connectivity index (χ0v) is 9.06. The van der Waals surface area contributed by atoms with Gasteiger partial charge in [-0.15, -0.1) is 0 Å². The second-order valence-corrected chi connectivity index (χ2v) is 3.59. The minimum Gasteiger partial charge on any atom is -0.336 e. The fourth-order valence-corrected chi connectivity index (χ4v) is 1.73. The number of aryl methyl sites for hydroxylation is 1. The molecule has 0 aliphatic heterocycles. The summed E-state index contributed by atoms with van der Waals surface area (Å²) in [6.45, 7) is 1.70. The summed E-state index contributed by atoms with van der Waals surface area (Å²) in [6.07, 6.45) is 0.775. The number of aromatic nitrogens is 1. The van der Waals surface area contributed by atoms with E-state index in [1.165, 1.54) is 4.74 Å². The Morgan fingerprint density at radius 2 is 2.12 bits per heavy atom. The Morgan fingerprint density at radius 1 is 1.38 bits per heavy atom. The highest BCUT2D eigenvalue weighted by atomic mass is 16.5. The molecule has 0 aliphatic carbocycles. The Morgan fingerprint density at radius 3 is 2.69 bits per heavy atom. The van der Waals surface area contributed by atoms with Crippen LogP contribution in [0.4, 0.5) is 0 Å². The molecular weight excluding hydrogens is 206 g/mol. The van der Waals surface area contributed by atoms with Crippen molar-refractivity contribution in [1.82, 2.24) is 4.74 Å². The van der Waals surface area contributed by atoms with E-state index in [1.54, 1.807) is 32.2 Å². The molecule has 2 aromatic rings. The lowest BCUT2D eigenvalue weighted by Gasteiger charge is -2.02. The third kappa shape index (κ3) is 1.58. The Labute approximate surface area is 92.1 Å². The van der Waals surface area contributed by atoms with Gasteiger partial charge in [-0.2, -0.15) is 0 Å². The van der Waals surface area contributed by atoms with Crippen molar-refractivity contribution in [3.63, 3.8) is 0 Å². The number of benzene rings is 1. The van der Waals surface area contributed by atoms with Crippen molar-refractivity contribution in [2.75, 3.05) is 0 Å². The highest BCUT2D eigenvalue weighted by molar-refractivity contribution is 5.78. The summed E-state index contributed by atoms with van der Waals surface area (Å²) in [5.41, 5.74) is 2.27. The van der Waals surface area contributed by atoms with Crippen molar-refractivity contribution in [2.24, 2.45) is 7.05 Å². The van der Waals surface area contributed by atoms with Crippen LogP contribution in [0.3, 0.4) is 0 Å². The van der Waals surface area contributed by atoms with Crippen LogP contribution in [0, 0.1) is 6.92 Å². The molecule has 0 radical (unpaired) electrons. The van der Waals surface area contributed by atoms with Crippen molar-refractivity contribution < 1.29 is 9.32 Å². The van der Waals surface area contributed by atoms with Crippen LogP contribution in [0.25, 0.3) is 11.3 Å². The monoisotopic (exact) mass is 217 g/mol. The molecule has 0 aliphatic rings. The van der Waals surface area contributed by atoms with Gasteiger partial charge in [-0.3, -0.25) is 4.79 Å². The van der Waals surface area contributed by atoms with Crippen molar-refractivity contribution in [2.45, 2.75) is 6.92 Å². The van der Waals surface area contributed by atoms with Crippen molar-refractivity contribution >= 4 is 6.29 Å². The maximum Gasteiger partial charge on any atom is 0.361 e. The summed E-state index contributed by atoms with van der Waals surface area (Å²) in [5, 5.41) is 0. The van der Waals surface area contributed by atoms with Crippen LogP contribution in [0.2, 0.25) is 0 Å². The van der Waals surface area contributed by atoms with Crippen LogP contribution in [-0.2, 0) is 7.05 Å². The first-order valence-corrected chi connectivity index (χ1v) is 4.86. The molecule has 0 saturated carbocycles. The molecule has 0 bridgehead atoms. The van der Waals surface area contributed by atoms with E-state index in [2.05, 4.69) is 0 Å². The maximum absolute atomic E-state index is 11.3. The van der Waals surface area contributed by atoms with Crippen molar-refractivity contribution in [3.05, 3.63) is 45.8 Å². The lowest BCUT2D eigenvalue weighted by Crippen LogP contribution is -1.95. The van der Waals surface area contributed by atoms with Crippen molar-refractivity contribution in [1.29, 1.82) is 0 Å². The Balaban J connectivity index is 2.66.